The van der Waals surface area contributed by atoms with Crippen LogP contribution < -0.4 is 0 Å². The fraction of sp³-hybridized carbons (Fsp3) is 0.235. The van der Waals surface area contributed by atoms with Crippen molar-refractivity contribution in [2.24, 2.45) is 7.05 Å². The largest absolute Gasteiger partial charge is 0.335 e. The molecule has 24 heavy (non-hydrogen) atoms. The minimum absolute atomic E-state index is 0.0461. The molecule has 0 unspecified atom stereocenters. The predicted octanol–water partition coefficient (Wildman–Crippen LogP) is 2.91. The van der Waals surface area contributed by atoms with Gasteiger partial charge < -0.3 is 9.47 Å². The molecule has 0 fully saturated rings. The van der Waals surface area contributed by atoms with Crippen molar-refractivity contribution >= 4 is 17.7 Å². The lowest BCUT2D eigenvalue weighted by Gasteiger charge is -2.18. The molecule has 0 saturated carbocycles. The third kappa shape index (κ3) is 4.11. The minimum Gasteiger partial charge on any atom is -0.335 e. The van der Waals surface area contributed by atoms with Gasteiger partial charge >= 0.3 is 0 Å². The zero-order chi connectivity index (χ0) is 17.5. The summed E-state index contributed by atoms with van der Waals surface area (Å²) in [5.41, 5.74) is 0.380. The van der Waals surface area contributed by atoms with Crippen LogP contribution in [0.2, 0.25) is 0 Å². The van der Waals surface area contributed by atoms with Gasteiger partial charge in [0.05, 0.1) is 11.3 Å². The minimum atomic E-state index is -0.358. The maximum atomic E-state index is 13.9. The van der Waals surface area contributed by atoms with Gasteiger partial charge in [-0.15, -0.1) is 23.4 Å². The first-order chi connectivity index (χ1) is 11.6. The number of carbonyl (C=O) groups is 1. The number of benzene rings is 1. The Kier molecular flexibility index (Phi) is 6.31. The second kappa shape index (κ2) is 8.44. The molecule has 1 aromatic carbocycles. The molecule has 0 N–H and O–H groups in total. The van der Waals surface area contributed by atoms with Crippen LogP contribution in [0.3, 0.4) is 0 Å². The highest BCUT2D eigenvalue weighted by Gasteiger charge is 2.17. The van der Waals surface area contributed by atoms with Crippen LogP contribution in [0.15, 0.2) is 54.7 Å². The van der Waals surface area contributed by atoms with Crippen molar-refractivity contribution in [3.63, 3.8) is 0 Å². The Hall–Kier alpha value is -2.41. The fourth-order valence-electron chi connectivity index (χ4n) is 2.13. The van der Waals surface area contributed by atoms with Gasteiger partial charge in [-0.2, -0.15) is 0 Å². The van der Waals surface area contributed by atoms with E-state index < -0.39 is 0 Å². The van der Waals surface area contributed by atoms with Crippen LogP contribution in [-0.2, 0) is 11.8 Å². The number of rotatable bonds is 8. The van der Waals surface area contributed by atoms with E-state index >= 15 is 0 Å². The third-order valence-corrected chi connectivity index (χ3v) is 4.33. The summed E-state index contributed by atoms with van der Waals surface area (Å²) in [6.07, 6.45) is 3.34. The summed E-state index contributed by atoms with van der Waals surface area (Å²) in [4.78, 5) is 13.9. The maximum absolute atomic E-state index is 13.9. The summed E-state index contributed by atoms with van der Waals surface area (Å²) in [7, 11) is 1.75. The zero-order valence-corrected chi connectivity index (χ0v) is 14.3. The van der Waals surface area contributed by atoms with Crippen molar-refractivity contribution in [1.29, 1.82) is 0 Å². The Morgan fingerprint density at radius 1 is 1.29 bits per heavy atom. The molecule has 0 aliphatic carbocycles. The van der Waals surface area contributed by atoms with E-state index in [1.54, 1.807) is 46.9 Å². The maximum Gasteiger partial charge on any atom is 0.233 e. The van der Waals surface area contributed by atoms with E-state index in [2.05, 4.69) is 23.4 Å². The fourth-order valence-corrected chi connectivity index (χ4v) is 2.94. The summed E-state index contributed by atoms with van der Waals surface area (Å²) in [5.74, 6) is 0.237. The Balaban J connectivity index is 2.09. The SMILES string of the molecule is C=CCN(CC=C)C(=O)CSc1nnc(-c2ccccc2F)n1C. The molecule has 0 bridgehead atoms. The van der Waals surface area contributed by atoms with Crippen LogP contribution >= 0.6 is 11.8 Å². The van der Waals surface area contributed by atoms with E-state index in [0.717, 1.165) is 0 Å². The standard InChI is InChI=1S/C17H19FN4OS/c1-4-10-22(11-5-2)15(23)12-24-17-20-19-16(21(17)3)13-8-6-7-9-14(13)18/h4-9H,1-2,10-12H2,3H3. The third-order valence-electron chi connectivity index (χ3n) is 3.33. The summed E-state index contributed by atoms with van der Waals surface area (Å²) in [6.45, 7) is 8.22. The molecule has 0 spiro atoms. The molecule has 2 rings (SSSR count). The second-order valence-corrected chi connectivity index (χ2v) is 5.95. The Morgan fingerprint density at radius 3 is 2.58 bits per heavy atom. The summed E-state index contributed by atoms with van der Waals surface area (Å²) in [6, 6.07) is 6.39. The van der Waals surface area contributed by atoms with Gasteiger partial charge in [-0.05, 0) is 12.1 Å². The first-order valence-electron chi connectivity index (χ1n) is 7.35. The van der Waals surface area contributed by atoms with Crippen LogP contribution in [0.1, 0.15) is 0 Å². The molecular weight excluding hydrogens is 327 g/mol. The number of thioether (sulfide) groups is 1. The molecule has 1 heterocycles. The lowest BCUT2D eigenvalue weighted by atomic mass is 10.2. The number of aromatic nitrogens is 3. The first kappa shape index (κ1) is 17.9. The van der Waals surface area contributed by atoms with Crippen LogP contribution in [0.4, 0.5) is 4.39 Å². The summed E-state index contributed by atoms with van der Waals surface area (Å²) < 4.78 is 15.6. The number of halogens is 1. The highest BCUT2D eigenvalue weighted by molar-refractivity contribution is 7.99. The van der Waals surface area contributed by atoms with E-state index in [4.69, 9.17) is 0 Å². The molecule has 5 nitrogen and oxygen atoms in total. The lowest BCUT2D eigenvalue weighted by molar-refractivity contribution is -0.127. The zero-order valence-electron chi connectivity index (χ0n) is 13.5. The monoisotopic (exact) mass is 346 g/mol. The van der Waals surface area contributed by atoms with Crippen molar-refractivity contribution in [3.05, 3.63) is 55.4 Å². The molecule has 126 valence electrons. The first-order valence-corrected chi connectivity index (χ1v) is 8.33. The Bertz CT molecular complexity index is 734. The lowest BCUT2D eigenvalue weighted by Crippen LogP contribution is -2.32. The van der Waals surface area contributed by atoms with Gasteiger partial charge in [-0.3, -0.25) is 4.79 Å². The molecule has 2 aromatic rings. The van der Waals surface area contributed by atoms with Gasteiger partial charge in [-0.1, -0.05) is 36.0 Å². The van der Waals surface area contributed by atoms with Crippen molar-refractivity contribution < 1.29 is 9.18 Å². The highest BCUT2D eigenvalue weighted by atomic mass is 32.2. The topological polar surface area (TPSA) is 51.0 Å². The average Bonchev–Trinajstić information content (AvgIpc) is 2.93. The Morgan fingerprint density at radius 2 is 1.96 bits per heavy atom. The molecule has 0 saturated heterocycles. The van der Waals surface area contributed by atoms with Gasteiger partial charge in [0.1, 0.15) is 5.82 Å². The van der Waals surface area contributed by atoms with Crippen LogP contribution in [0, 0.1) is 5.82 Å². The van der Waals surface area contributed by atoms with Gasteiger partial charge in [0, 0.05) is 20.1 Å². The number of hydrogen-bond donors (Lipinski definition) is 0. The molecule has 7 heteroatoms. The van der Waals surface area contributed by atoms with Gasteiger partial charge in [0.15, 0.2) is 11.0 Å². The van der Waals surface area contributed by atoms with Crippen molar-refractivity contribution in [2.45, 2.75) is 5.16 Å². The molecule has 0 atom stereocenters. The number of carbonyl (C=O) groups excluding carboxylic acids is 1. The molecule has 1 aromatic heterocycles. The second-order valence-electron chi connectivity index (χ2n) is 5.01. The predicted molar refractivity (Wildman–Crippen MR) is 94.1 cm³/mol. The normalized spacial score (nSPS) is 10.4. The van der Waals surface area contributed by atoms with Gasteiger partial charge in [0.25, 0.3) is 0 Å². The average molecular weight is 346 g/mol. The molecular formula is C17H19FN4OS. The van der Waals surface area contributed by atoms with Crippen molar-refractivity contribution in [1.82, 2.24) is 19.7 Å². The summed E-state index contributed by atoms with van der Waals surface area (Å²) >= 11 is 1.26. The molecule has 1 amide bonds. The quantitative estimate of drug-likeness (QED) is 0.545. The van der Waals surface area contributed by atoms with E-state index in [-0.39, 0.29) is 17.5 Å². The van der Waals surface area contributed by atoms with E-state index in [9.17, 15) is 9.18 Å². The van der Waals surface area contributed by atoms with Crippen LogP contribution in [0.5, 0.6) is 0 Å². The highest BCUT2D eigenvalue weighted by Crippen LogP contribution is 2.24. The smallest absolute Gasteiger partial charge is 0.233 e. The van der Waals surface area contributed by atoms with Crippen LogP contribution in [0.25, 0.3) is 11.4 Å². The molecule has 0 aliphatic rings. The van der Waals surface area contributed by atoms with Gasteiger partial charge in [0.2, 0.25) is 5.91 Å². The van der Waals surface area contributed by atoms with Crippen LogP contribution in [-0.4, -0.2) is 44.4 Å². The Labute approximate surface area is 144 Å². The van der Waals surface area contributed by atoms with E-state index in [1.807, 2.05) is 0 Å². The summed E-state index contributed by atoms with van der Waals surface area (Å²) in [5, 5.41) is 8.65. The van der Waals surface area contributed by atoms with E-state index in [0.29, 0.717) is 29.6 Å². The molecule has 0 radical (unpaired) electrons. The molecule has 0 aliphatic heterocycles. The number of amides is 1. The van der Waals surface area contributed by atoms with Crippen molar-refractivity contribution in [3.8, 4) is 11.4 Å². The van der Waals surface area contributed by atoms with Crippen molar-refractivity contribution in [2.75, 3.05) is 18.8 Å². The number of hydrogen-bond acceptors (Lipinski definition) is 4. The van der Waals surface area contributed by atoms with E-state index in [1.165, 1.54) is 17.8 Å². The number of nitrogens with zero attached hydrogens (tertiary/aromatic N) is 4. The van der Waals surface area contributed by atoms with Gasteiger partial charge in [-0.25, -0.2) is 4.39 Å².